The smallest absolute Gasteiger partial charge is 0.410 e. The lowest BCUT2D eigenvalue weighted by molar-refractivity contribution is -0.138. The highest BCUT2D eigenvalue weighted by molar-refractivity contribution is 5.94. The minimum absolute atomic E-state index is 0.0689. The molecule has 29 heavy (non-hydrogen) atoms. The molecule has 0 atom stereocenters. The molecule has 0 saturated carbocycles. The third-order valence-electron chi connectivity index (χ3n) is 6.23. The summed E-state index contributed by atoms with van der Waals surface area (Å²) in [6.07, 6.45) is 2.60. The summed E-state index contributed by atoms with van der Waals surface area (Å²) in [6, 6.07) is 5.72. The van der Waals surface area contributed by atoms with Crippen molar-refractivity contribution in [1.82, 2.24) is 14.7 Å². The SMILES string of the molecule is O=C(c1ccc(F)cc1)N1CCC(C(=O)N2CCC(N3CCOC3=O)CC2)CC1. The summed E-state index contributed by atoms with van der Waals surface area (Å²) < 4.78 is 18.1. The molecule has 8 heteroatoms. The average Bonchev–Trinajstić information content (AvgIpc) is 3.19. The number of piperidine rings is 2. The first-order chi connectivity index (χ1) is 14.0. The van der Waals surface area contributed by atoms with Crippen LogP contribution in [-0.2, 0) is 9.53 Å². The Bertz CT molecular complexity index is 769. The fourth-order valence-electron chi connectivity index (χ4n) is 4.50. The summed E-state index contributed by atoms with van der Waals surface area (Å²) in [6.45, 7) is 3.46. The molecule has 3 amide bonds. The van der Waals surface area contributed by atoms with Gasteiger partial charge in [-0.15, -0.1) is 0 Å². The van der Waals surface area contributed by atoms with E-state index in [9.17, 15) is 18.8 Å². The van der Waals surface area contributed by atoms with Crippen molar-refractivity contribution < 1.29 is 23.5 Å². The molecule has 4 rings (SSSR count). The van der Waals surface area contributed by atoms with Gasteiger partial charge in [-0.05, 0) is 49.9 Å². The minimum atomic E-state index is -0.365. The van der Waals surface area contributed by atoms with E-state index in [1.165, 1.54) is 24.3 Å². The van der Waals surface area contributed by atoms with Crippen molar-refractivity contribution in [3.8, 4) is 0 Å². The molecule has 7 nitrogen and oxygen atoms in total. The third kappa shape index (κ3) is 4.21. The number of amides is 3. The first kappa shape index (κ1) is 19.7. The van der Waals surface area contributed by atoms with Gasteiger partial charge in [-0.2, -0.15) is 0 Å². The molecule has 0 spiro atoms. The molecule has 0 radical (unpaired) electrons. The topological polar surface area (TPSA) is 70.2 Å². The molecule has 3 heterocycles. The fourth-order valence-corrected chi connectivity index (χ4v) is 4.50. The molecule has 3 aliphatic heterocycles. The summed E-state index contributed by atoms with van der Waals surface area (Å²) in [5.41, 5.74) is 0.471. The quantitative estimate of drug-likeness (QED) is 0.775. The molecule has 1 aromatic carbocycles. The van der Waals surface area contributed by atoms with Crippen LogP contribution in [0.4, 0.5) is 9.18 Å². The number of carbonyl (C=O) groups is 3. The molecule has 0 aliphatic carbocycles. The Hall–Kier alpha value is -2.64. The van der Waals surface area contributed by atoms with E-state index in [-0.39, 0.29) is 35.7 Å². The van der Waals surface area contributed by atoms with Crippen LogP contribution in [-0.4, -0.2) is 78.0 Å². The summed E-state index contributed by atoms with van der Waals surface area (Å²) in [4.78, 5) is 42.6. The Morgan fingerprint density at radius 3 is 2.10 bits per heavy atom. The van der Waals surface area contributed by atoms with E-state index < -0.39 is 0 Å². The normalized spacial score (nSPS) is 21.4. The molecule has 0 unspecified atom stereocenters. The fraction of sp³-hybridized carbons (Fsp3) is 0.571. The highest BCUT2D eigenvalue weighted by Gasteiger charge is 2.36. The highest BCUT2D eigenvalue weighted by atomic mass is 19.1. The number of rotatable bonds is 3. The van der Waals surface area contributed by atoms with Gasteiger partial charge in [0.25, 0.3) is 5.91 Å². The van der Waals surface area contributed by atoms with Gasteiger partial charge in [0.05, 0.1) is 6.54 Å². The first-order valence-electron chi connectivity index (χ1n) is 10.3. The lowest BCUT2D eigenvalue weighted by Crippen LogP contribution is -2.50. The Labute approximate surface area is 169 Å². The second kappa shape index (κ2) is 8.39. The Morgan fingerprint density at radius 1 is 0.897 bits per heavy atom. The highest BCUT2D eigenvalue weighted by Crippen LogP contribution is 2.25. The summed E-state index contributed by atoms with van der Waals surface area (Å²) in [5.74, 6) is -0.396. The van der Waals surface area contributed by atoms with E-state index in [0.717, 1.165) is 12.8 Å². The molecule has 0 aromatic heterocycles. The van der Waals surface area contributed by atoms with E-state index in [4.69, 9.17) is 4.74 Å². The van der Waals surface area contributed by atoms with Gasteiger partial charge in [0.1, 0.15) is 12.4 Å². The maximum absolute atomic E-state index is 13.0. The zero-order chi connectivity index (χ0) is 20.4. The molecule has 1 aromatic rings. The Morgan fingerprint density at radius 2 is 1.52 bits per heavy atom. The minimum Gasteiger partial charge on any atom is -0.448 e. The zero-order valence-electron chi connectivity index (χ0n) is 16.4. The molecular weight excluding hydrogens is 377 g/mol. The lowest BCUT2D eigenvalue weighted by atomic mass is 9.93. The van der Waals surface area contributed by atoms with Crippen LogP contribution in [0.2, 0.25) is 0 Å². The van der Waals surface area contributed by atoms with Gasteiger partial charge >= 0.3 is 6.09 Å². The van der Waals surface area contributed by atoms with Gasteiger partial charge in [0.15, 0.2) is 0 Å². The number of nitrogens with zero attached hydrogens (tertiary/aromatic N) is 3. The zero-order valence-corrected chi connectivity index (χ0v) is 16.4. The van der Waals surface area contributed by atoms with Gasteiger partial charge in [-0.1, -0.05) is 0 Å². The monoisotopic (exact) mass is 403 g/mol. The van der Waals surface area contributed by atoms with Crippen LogP contribution in [0.5, 0.6) is 0 Å². The van der Waals surface area contributed by atoms with Crippen LogP contribution in [0.1, 0.15) is 36.0 Å². The number of cyclic esters (lactones) is 1. The maximum Gasteiger partial charge on any atom is 0.410 e. The summed E-state index contributed by atoms with van der Waals surface area (Å²) in [5, 5.41) is 0. The van der Waals surface area contributed by atoms with Crippen molar-refractivity contribution in [3.63, 3.8) is 0 Å². The number of halogens is 1. The van der Waals surface area contributed by atoms with E-state index >= 15 is 0 Å². The van der Waals surface area contributed by atoms with E-state index in [2.05, 4.69) is 0 Å². The number of ether oxygens (including phenoxy) is 1. The average molecular weight is 403 g/mol. The number of benzene rings is 1. The van der Waals surface area contributed by atoms with Gasteiger partial charge in [0.2, 0.25) is 5.91 Å². The van der Waals surface area contributed by atoms with Crippen LogP contribution in [0.25, 0.3) is 0 Å². The summed E-state index contributed by atoms with van der Waals surface area (Å²) in [7, 11) is 0. The van der Waals surface area contributed by atoms with Crippen LogP contribution in [0, 0.1) is 11.7 Å². The van der Waals surface area contributed by atoms with Crippen molar-refractivity contribution in [1.29, 1.82) is 0 Å². The van der Waals surface area contributed by atoms with E-state index in [0.29, 0.717) is 57.7 Å². The first-order valence-corrected chi connectivity index (χ1v) is 10.3. The third-order valence-corrected chi connectivity index (χ3v) is 6.23. The van der Waals surface area contributed by atoms with E-state index in [1.54, 1.807) is 9.80 Å². The molecule has 0 N–H and O–H groups in total. The Kier molecular flexibility index (Phi) is 5.69. The van der Waals surface area contributed by atoms with Crippen molar-refractivity contribution in [2.75, 3.05) is 39.3 Å². The molecule has 3 fully saturated rings. The van der Waals surface area contributed by atoms with Gasteiger partial charge in [-0.3, -0.25) is 9.59 Å². The van der Waals surface area contributed by atoms with Crippen molar-refractivity contribution in [2.45, 2.75) is 31.7 Å². The molecule has 0 bridgehead atoms. The molecular formula is C21H26FN3O4. The van der Waals surface area contributed by atoms with Crippen LogP contribution >= 0.6 is 0 Å². The van der Waals surface area contributed by atoms with Crippen molar-refractivity contribution in [2.24, 2.45) is 5.92 Å². The largest absolute Gasteiger partial charge is 0.448 e. The lowest BCUT2D eigenvalue weighted by Gasteiger charge is -2.39. The summed E-state index contributed by atoms with van der Waals surface area (Å²) >= 11 is 0. The number of carbonyl (C=O) groups excluding carboxylic acids is 3. The maximum atomic E-state index is 13.0. The van der Waals surface area contributed by atoms with Crippen molar-refractivity contribution >= 4 is 17.9 Å². The number of likely N-dealkylation sites (tertiary alicyclic amines) is 2. The number of hydrogen-bond acceptors (Lipinski definition) is 4. The van der Waals surface area contributed by atoms with Crippen molar-refractivity contribution in [3.05, 3.63) is 35.6 Å². The predicted octanol–water partition coefficient (Wildman–Crippen LogP) is 2.12. The molecule has 3 aliphatic rings. The number of hydrogen-bond donors (Lipinski definition) is 0. The Balaban J connectivity index is 1.25. The molecule has 3 saturated heterocycles. The van der Waals surface area contributed by atoms with Crippen LogP contribution in [0.3, 0.4) is 0 Å². The van der Waals surface area contributed by atoms with E-state index in [1.807, 2.05) is 4.90 Å². The second-order valence-corrected chi connectivity index (χ2v) is 7.94. The van der Waals surface area contributed by atoms with Gasteiger partial charge in [-0.25, -0.2) is 9.18 Å². The van der Waals surface area contributed by atoms with Gasteiger partial charge in [0, 0.05) is 43.7 Å². The predicted molar refractivity (Wildman–Crippen MR) is 103 cm³/mol. The standard InChI is InChI=1S/C21H26FN3O4/c22-17-3-1-15(2-4-17)19(26)23-9-5-16(6-10-23)20(27)24-11-7-18(8-12-24)25-13-14-29-21(25)28/h1-4,16,18H,5-14H2. The molecule has 156 valence electrons. The van der Waals surface area contributed by atoms with Crippen LogP contribution < -0.4 is 0 Å². The van der Waals surface area contributed by atoms with Crippen LogP contribution in [0.15, 0.2) is 24.3 Å². The second-order valence-electron chi connectivity index (χ2n) is 7.94. The van der Waals surface area contributed by atoms with Gasteiger partial charge < -0.3 is 19.4 Å².